The van der Waals surface area contributed by atoms with Crippen LogP contribution in [0.3, 0.4) is 0 Å². The smallest absolute Gasteiger partial charge is 0.268 e. The van der Waals surface area contributed by atoms with Crippen LogP contribution in [0.4, 0.5) is 4.39 Å². The van der Waals surface area contributed by atoms with Crippen molar-refractivity contribution in [3.63, 3.8) is 0 Å². The zero-order valence-electron chi connectivity index (χ0n) is 12.0. The largest absolute Gasteiger partial charge is 0.348 e. The molecular formula is C15H10ClFN4O3. The fourth-order valence-corrected chi connectivity index (χ4v) is 2.12. The van der Waals surface area contributed by atoms with Gasteiger partial charge in [0.15, 0.2) is 12.1 Å². The van der Waals surface area contributed by atoms with Crippen LogP contribution in [0, 0.1) is 5.82 Å². The predicted octanol–water partition coefficient (Wildman–Crippen LogP) is 2.60. The van der Waals surface area contributed by atoms with Crippen molar-refractivity contribution in [3.8, 4) is 11.5 Å². The van der Waals surface area contributed by atoms with E-state index in [4.69, 9.17) is 16.1 Å². The number of aromatic amines is 1. The maximum atomic E-state index is 13.8. The maximum absolute atomic E-state index is 13.8. The summed E-state index contributed by atoms with van der Waals surface area (Å²) in [5, 5.41) is 6.49. The topological polar surface area (TPSA) is 101 Å². The van der Waals surface area contributed by atoms with Gasteiger partial charge in [0.25, 0.3) is 11.8 Å². The Morgan fingerprint density at radius 1 is 1.38 bits per heavy atom. The van der Waals surface area contributed by atoms with Gasteiger partial charge in [-0.2, -0.15) is 4.98 Å². The van der Waals surface area contributed by atoms with E-state index >= 15 is 0 Å². The Morgan fingerprint density at radius 3 is 2.92 bits per heavy atom. The molecule has 0 fully saturated rings. The standard InChI is InChI=1S/C15H10ClFN4O3/c16-8-1-3-10(11(17)5-8)15-20-13(21-24-15)6-18-14(23)12-4-2-9(7-22)19-12/h1-5,7,19H,6H2,(H,18,23). The highest BCUT2D eigenvalue weighted by Crippen LogP contribution is 2.23. The minimum Gasteiger partial charge on any atom is -0.348 e. The monoisotopic (exact) mass is 348 g/mol. The lowest BCUT2D eigenvalue weighted by Gasteiger charge is -1.99. The molecule has 0 aliphatic rings. The lowest BCUT2D eigenvalue weighted by atomic mass is 10.2. The highest BCUT2D eigenvalue weighted by atomic mass is 35.5. The minimum atomic E-state index is -0.588. The number of carbonyl (C=O) groups is 2. The van der Waals surface area contributed by atoms with Crippen LogP contribution in [-0.2, 0) is 6.54 Å². The summed E-state index contributed by atoms with van der Waals surface area (Å²) in [5.74, 6) is -0.868. The third-order valence-electron chi connectivity index (χ3n) is 3.12. The van der Waals surface area contributed by atoms with E-state index in [1.165, 1.54) is 24.3 Å². The van der Waals surface area contributed by atoms with E-state index in [9.17, 15) is 14.0 Å². The van der Waals surface area contributed by atoms with Crippen LogP contribution in [0.5, 0.6) is 0 Å². The molecule has 1 amide bonds. The Morgan fingerprint density at radius 2 is 2.21 bits per heavy atom. The molecule has 0 radical (unpaired) electrons. The number of carbonyl (C=O) groups excluding carboxylic acids is 2. The second-order valence-corrected chi connectivity index (χ2v) is 5.20. The van der Waals surface area contributed by atoms with Crippen molar-refractivity contribution in [2.24, 2.45) is 0 Å². The molecule has 7 nitrogen and oxygen atoms in total. The van der Waals surface area contributed by atoms with Gasteiger partial charge in [0, 0.05) is 5.02 Å². The predicted molar refractivity (Wildman–Crippen MR) is 82.1 cm³/mol. The van der Waals surface area contributed by atoms with Crippen molar-refractivity contribution < 1.29 is 18.5 Å². The molecule has 3 rings (SSSR count). The highest BCUT2D eigenvalue weighted by molar-refractivity contribution is 6.30. The average molecular weight is 349 g/mol. The van der Waals surface area contributed by atoms with Crippen LogP contribution in [0.15, 0.2) is 34.9 Å². The second kappa shape index (κ2) is 6.63. The van der Waals surface area contributed by atoms with Gasteiger partial charge in [0.05, 0.1) is 17.8 Å². The summed E-state index contributed by atoms with van der Waals surface area (Å²) in [6.45, 7) is -0.0208. The van der Waals surface area contributed by atoms with Gasteiger partial charge in [-0.05, 0) is 30.3 Å². The van der Waals surface area contributed by atoms with Gasteiger partial charge < -0.3 is 14.8 Å². The number of nitrogens with one attached hydrogen (secondary N) is 2. The van der Waals surface area contributed by atoms with Crippen LogP contribution in [-0.4, -0.2) is 27.3 Å². The Kier molecular flexibility index (Phi) is 4.39. The first-order valence-corrected chi connectivity index (χ1v) is 7.15. The number of rotatable bonds is 5. The summed E-state index contributed by atoms with van der Waals surface area (Å²) in [6, 6.07) is 7.02. The molecule has 0 bridgehead atoms. The summed E-state index contributed by atoms with van der Waals surface area (Å²) in [6.07, 6.45) is 0.600. The Balaban J connectivity index is 1.67. The number of H-pyrrole nitrogens is 1. The SMILES string of the molecule is O=Cc1ccc(C(=O)NCc2noc(-c3ccc(Cl)cc3F)n2)[nH]1. The lowest BCUT2D eigenvalue weighted by Crippen LogP contribution is -2.23. The number of halogens is 2. The number of hydrogen-bond acceptors (Lipinski definition) is 5. The van der Waals surface area contributed by atoms with Crippen LogP contribution in [0.2, 0.25) is 5.02 Å². The first-order valence-electron chi connectivity index (χ1n) is 6.77. The molecule has 0 atom stereocenters. The van der Waals surface area contributed by atoms with Crippen LogP contribution >= 0.6 is 11.6 Å². The van der Waals surface area contributed by atoms with E-state index in [1.807, 2.05) is 0 Å². The van der Waals surface area contributed by atoms with Gasteiger partial charge in [-0.3, -0.25) is 9.59 Å². The van der Waals surface area contributed by atoms with E-state index in [0.29, 0.717) is 12.0 Å². The molecule has 24 heavy (non-hydrogen) atoms. The molecule has 2 heterocycles. The van der Waals surface area contributed by atoms with Gasteiger partial charge in [-0.15, -0.1) is 0 Å². The van der Waals surface area contributed by atoms with Crippen LogP contribution in [0.1, 0.15) is 26.8 Å². The molecule has 0 aliphatic heterocycles. The maximum Gasteiger partial charge on any atom is 0.268 e. The summed E-state index contributed by atoms with van der Waals surface area (Å²) < 4.78 is 18.8. The Hall–Kier alpha value is -3.00. The number of aldehydes is 1. The third kappa shape index (κ3) is 3.33. The van der Waals surface area contributed by atoms with Gasteiger partial charge in [0.1, 0.15) is 11.5 Å². The van der Waals surface area contributed by atoms with E-state index in [1.54, 1.807) is 0 Å². The van der Waals surface area contributed by atoms with E-state index < -0.39 is 11.7 Å². The quantitative estimate of drug-likeness (QED) is 0.690. The van der Waals surface area contributed by atoms with E-state index in [0.717, 1.165) is 6.07 Å². The van der Waals surface area contributed by atoms with Crippen molar-refractivity contribution in [1.29, 1.82) is 0 Å². The van der Waals surface area contributed by atoms with E-state index in [2.05, 4.69) is 20.4 Å². The molecule has 0 unspecified atom stereocenters. The van der Waals surface area contributed by atoms with Crippen molar-refractivity contribution in [3.05, 3.63) is 58.4 Å². The van der Waals surface area contributed by atoms with Gasteiger partial charge in [-0.1, -0.05) is 16.8 Å². The molecule has 0 spiro atoms. The molecule has 0 aliphatic carbocycles. The number of aromatic nitrogens is 3. The fraction of sp³-hybridized carbons (Fsp3) is 0.0667. The molecule has 2 aromatic heterocycles. The van der Waals surface area contributed by atoms with E-state index in [-0.39, 0.29) is 34.5 Å². The molecule has 2 N–H and O–H groups in total. The summed E-state index contributed by atoms with van der Waals surface area (Å²) in [7, 11) is 0. The number of benzene rings is 1. The first-order chi connectivity index (χ1) is 11.6. The van der Waals surface area contributed by atoms with Crippen molar-refractivity contribution >= 4 is 23.8 Å². The van der Waals surface area contributed by atoms with Crippen molar-refractivity contribution in [2.75, 3.05) is 0 Å². The molecule has 0 saturated carbocycles. The number of nitrogens with zero attached hydrogens (tertiary/aromatic N) is 2. The molecule has 0 saturated heterocycles. The summed E-state index contributed by atoms with van der Waals surface area (Å²) in [5.41, 5.74) is 0.634. The molecule has 9 heteroatoms. The molecule has 122 valence electrons. The third-order valence-corrected chi connectivity index (χ3v) is 3.35. The Labute approximate surface area is 139 Å². The fourth-order valence-electron chi connectivity index (χ4n) is 1.97. The molecular weight excluding hydrogens is 339 g/mol. The zero-order valence-corrected chi connectivity index (χ0v) is 12.8. The van der Waals surface area contributed by atoms with Gasteiger partial charge >= 0.3 is 0 Å². The summed E-state index contributed by atoms with van der Waals surface area (Å²) >= 11 is 5.69. The highest BCUT2D eigenvalue weighted by Gasteiger charge is 2.15. The first kappa shape index (κ1) is 15.9. The van der Waals surface area contributed by atoms with Gasteiger partial charge in [0.2, 0.25) is 0 Å². The van der Waals surface area contributed by atoms with Crippen molar-refractivity contribution in [2.45, 2.75) is 6.54 Å². The number of hydrogen-bond donors (Lipinski definition) is 2. The zero-order chi connectivity index (χ0) is 17.1. The Bertz CT molecular complexity index is 906. The summed E-state index contributed by atoms with van der Waals surface area (Å²) in [4.78, 5) is 29.1. The van der Waals surface area contributed by atoms with Gasteiger partial charge in [-0.25, -0.2) is 4.39 Å². The van der Waals surface area contributed by atoms with Crippen LogP contribution < -0.4 is 5.32 Å². The molecule has 3 aromatic rings. The van der Waals surface area contributed by atoms with Crippen LogP contribution in [0.25, 0.3) is 11.5 Å². The second-order valence-electron chi connectivity index (χ2n) is 4.77. The number of amides is 1. The lowest BCUT2D eigenvalue weighted by molar-refractivity contribution is 0.0945. The average Bonchev–Trinajstić information content (AvgIpc) is 3.22. The minimum absolute atomic E-state index is 0.0171. The van der Waals surface area contributed by atoms with Crippen molar-refractivity contribution in [1.82, 2.24) is 20.4 Å². The molecule has 1 aromatic carbocycles. The normalized spacial score (nSPS) is 10.6.